The first-order valence-corrected chi connectivity index (χ1v) is 7.04. The van der Waals surface area contributed by atoms with E-state index in [1.807, 2.05) is 6.07 Å². The molecule has 98 valence electrons. The predicted octanol–water partition coefficient (Wildman–Crippen LogP) is 2.10. The van der Waals surface area contributed by atoms with E-state index in [9.17, 15) is 12.8 Å². The van der Waals surface area contributed by atoms with E-state index in [0.717, 1.165) is 6.07 Å². The summed E-state index contributed by atoms with van der Waals surface area (Å²) in [5.74, 6) is -0.564. The molecule has 6 heteroatoms. The van der Waals surface area contributed by atoms with E-state index in [0.29, 0.717) is 12.0 Å². The molecule has 1 aromatic rings. The number of aryl methyl sites for hydroxylation is 1. The molecule has 0 amide bonds. The number of sulfonamides is 1. The van der Waals surface area contributed by atoms with Gasteiger partial charge in [-0.05, 0) is 31.0 Å². The minimum absolute atomic E-state index is 0.0874. The van der Waals surface area contributed by atoms with Crippen LogP contribution in [0.4, 0.5) is 4.39 Å². The average molecular weight is 270 g/mol. The molecule has 0 heterocycles. The van der Waals surface area contributed by atoms with Crippen molar-refractivity contribution in [1.29, 1.82) is 5.26 Å². The fourth-order valence-corrected chi connectivity index (χ4v) is 2.74. The van der Waals surface area contributed by atoms with Gasteiger partial charge in [-0.2, -0.15) is 5.26 Å². The second kappa shape index (κ2) is 5.94. The predicted molar refractivity (Wildman–Crippen MR) is 65.8 cm³/mol. The molecule has 0 saturated carbocycles. The normalized spacial score (nSPS) is 13.0. The molecule has 0 aromatic heterocycles. The van der Waals surface area contributed by atoms with Crippen molar-refractivity contribution in [2.24, 2.45) is 0 Å². The zero-order valence-electron chi connectivity index (χ0n) is 10.3. The van der Waals surface area contributed by atoms with Crippen LogP contribution in [-0.4, -0.2) is 14.5 Å². The topological polar surface area (TPSA) is 70.0 Å². The van der Waals surface area contributed by atoms with Gasteiger partial charge in [-0.1, -0.05) is 13.0 Å². The highest BCUT2D eigenvalue weighted by molar-refractivity contribution is 7.89. The number of nitrogens with one attached hydrogen (secondary N) is 1. The Balaban J connectivity index is 2.99. The summed E-state index contributed by atoms with van der Waals surface area (Å²) in [6, 6.07) is 5.20. The zero-order chi connectivity index (χ0) is 13.8. The van der Waals surface area contributed by atoms with Crippen molar-refractivity contribution in [2.75, 3.05) is 0 Å². The van der Waals surface area contributed by atoms with Crippen molar-refractivity contribution < 1.29 is 12.8 Å². The van der Waals surface area contributed by atoms with E-state index in [2.05, 4.69) is 4.72 Å². The van der Waals surface area contributed by atoms with E-state index in [1.165, 1.54) is 12.1 Å². The van der Waals surface area contributed by atoms with E-state index >= 15 is 0 Å². The lowest BCUT2D eigenvalue weighted by Gasteiger charge is -2.14. The monoisotopic (exact) mass is 270 g/mol. The van der Waals surface area contributed by atoms with Crippen molar-refractivity contribution in [3.05, 3.63) is 29.6 Å². The van der Waals surface area contributed by atoms with Gasteiger partial charge in [0, 0.05) is 6.04 Å². The Kier molecular flexibility index (Phi) is 4.82. The van der Waals surface area contributed by atoms with Gasteiger partial charge in [0.15, 0.2) is 0 Å². The molecule has 0 radical (unpaired) electrons. The molecule has 0 saturated heterocycles. The van der Waals surface area contributed by atoms with Crippen LogP contribution in [0.25, 0.3) is 0 Å². The standard InChI is InChI=1S/C12H15FN2O2S/c1-3-10(6-7-14)15-18(16,17)11-5-4-9(2)12(13)8-11/h4-5,8,10,15H,3,6H2,1-2H3. The highest BCUT2D eigenvalue weighted by atomic mass is 32.2. The van der Waals surface area contributed by atoms with E-state index < -0.39 is 21.9 Å². The maximum Gasteiger partial charge on any atom is 0.240 e. The highest BCUT2D eigenvalue weighted by Crippen LogP contribution is 2.15. The van der Waals surface area contributed by atoms with Crippen molar-refractivity contribution in [2.45, 2.75) is 37.6 Å². The largest absolute Gasteiger partial charge is 0.240 e. The molecule has 0 bridgehead atoms. The van der Waals surface area contributed by atoms with Gasteiger partial charge in [-0.25, -0.2) is 17.5 Å². The second-order valence-corrected chi connectivity index (χ2v) is 5.71. The second-order valence-electron chi connectivity index (χ2n) is 4.00. The number of nitrogens with zero attached hydrogens (tertiary/aromatic N) is 1. The van der Waals surface area contributed by atoms with Gasteiger partial charge in [-0.3, -0.25) is 0 Å². The smallest absolute Gasteiger partial charge is 0.207 e. The lowest BCUT2D eigenvalue weighted by molar-refractivity contribution is 0.541. The number of hydrogen-bond donors (Lipinski definition) is 1. The maximum absolute atomic E-state index is 13.3. The van der Waals surface area contributed by atoms with Gasteiger partial charge in [0.1, 0.15) is 5.82 Å². The first kappa shape index (κ1) is 14.6. The van der Waals surface area contributed by atoms with Gasteiger partial charge >= 0.3 is 0 Å². The quantitative estimate of drug-likeness (QED) is 0.890. The first-order valence-electron chi connectivity index (χ1n) is 5.56. The minimum atomic E-state index is -3.77. The summed E-state index contributed by atoms with van der Waals surface area (Å²) in [5.41, 5.74) is 0.387. The van der Waals surface area contributed by atoms with Crippen LogP contribution in [0.2, 0.25) is 0 Å². The zero-order valence-corrected chi connectivity index (χ0v) is 11.1. The van der Waals surface area contributed by atoms with Crippen molar-refractivity contribution in [3.8, 4) is 6.07 Å². The molecular weight excluding hydrogens is 255 g/mol. The Labute approximate surface area is 106 Å². The molecule has 0 aliphatic heterocycles. The van der Waals surface area contributed by atoms with Gasteiger partial charge < -0.3 is 0 Å². The van der Waals surface area contributed by atoms with Crippen LogP contribution in [0.3, 0.4) is 0 Å². The Morgan fingerprint density at radius 2 is 2.17 bits per heavy atom. The summed E-state index contributed by atoms with van der Waals surface area (Å²) >= 11 is 0. The third-order valence-corrected chi connectivity index (χ3v) is 4.12. The number of rotatable bonds is 5. The van der Waals surface area contributed by atoms with Crippen molar-refractivity contribution >= 4 is 10.0 Å². The number of hydrogen-bond acceptors (Lipinski definition) is 3. The fraction of sp³-hybridized carbons (Fsp3) is 0.417. The summed E-state index contributed by atoms with van der Waals surface area (Å²) in [6.07, 6.45) is 0.588. The molecular formula is C12H15FN2O2S. The molecule has 1 rings (SSSR count). The molecule has 0 aliphatic rings. The van der Waals surface area contributed by atoms with Crippen LogP contribution in [0.5, 0.6) is 0 Å². The summed E-state index contributed by atoms with van der Waals surface area (Å²) in [6.45, 7) is 3.34. The Morgan fingerprint density at radius 3 is 2.67 bits per heavy atom. The third kappa shape index (κ3) is 3.52. The molecule has 1 aromatic carbocycles. The van der Waals surface area contributed by atoms with Crippen LogP contribution < -0.4 is 4.72 Å². The molecule has 4 nitrogen and oxygen atoms in total. The molecule has 18 heavy (non-hydrogen) atoms. The van der Waals surface area contributed by atoms with Gasteiger partial charge in [0.05, 0.1) is 17.4 Å². The number of benzene rings is 1. The van der Waals surface area contributed by atoms with Gasteiger partial charge in [-0.15, -0.1) is 0 Å². The number of nitriles is 1. The summed E-state index contributed by atoms with van der Waals surface area (Å²) < 4.78 is 39.6. The molecule has 0 aliphatic carbocycles. The maximum atomic E-state index is 13.3. The molecule has 1 atom stereocenters. The summed E-state index contributed by atoms with van der Waals surface area (Å²) in [7, 11) is -3.77. The summed E-state index contributed by atoms with van der Waals surface area (Å²) in [5, 5.41) is 8.57. The van der Waals surface area contributed by atoms with E-state index in [-0.39, 0.29) is 11.3 Å². The van der Waals surface area contributed by atoms with E-state index in [4.69, 9.17) is 5.26 Å². The van der Waals surface area contributed by atoms with Crippen molar-refractivity contribution in [1.82, 2.24) is 4.72 Å². The van der Waals surface area contributed by atoms with E-state index in [1.54, 1.807) is 13.8 Å². The van der Waals surface area contributed by atoms with Crippen LogP contribution in [-0.2, 0) is 10.0 Å². The number of halogens is 1. The Morgan fingerprint density at radius 1 is 1.50 bits per heavy atom. The molecule has 0 fully saturated rings. The molecule has 0 spiro atoms. The first-order chi connectivity index (χ1) is 8.40. The lowest BCUT2D eigenvalue weighted by atomic mass is 10.2. The van der Waals surface area contributed by atoms with Crippen LogP contribution in [0.15, 0.2) is 23.1 Å². The lowest BCUT2D eigenvalue weighted by Crippen LogP contribution is -2.34. The SMILES string of the molecule is CCC(CC#N)NS(=O)(=O)c1ccc(C)c(F)c1. The fourth-order valence-electron chi connectivity index (χ4n) is 1.41. The molecule has 1 N–H and O–H groups in total. The molecule has 1 unspecified atom stereocenters. The minimum Gasteiger partial charge on any atom is -0.207 e. The van der Waals surface area contributed by atoms with Crippen LogP contribution in [0, 0.1) is 24.1 Å². The highest BCUT2D eigenvalue weighted by Gasteiger charge is 2.19. The Bertz CT molecular complexity index is 564. The van der Waals surface area contributed by atoms with Crippen LogP contribution in [0.1, 0.15) is 25.3 Å². The van der Waals surface area contributed by atoms with Gasteiger partial charge in [0.2, 0.25) is 10.0 Å². The third-order valence-electron chi connectivity index (χ3n) is 2.61. The van der Waals surface area contributed by atoms with Crippen LogP contribution >= 0.6 is 0 Å². The van der Waals surface area contributed by atoms with Crippen molar-refractivity contribution in [3.63, 3.8) is 0 Å². The summed E-state index contributed by atoms with van der Waals surface area (Å²) in [4.78, 5) is -0.123. The Hall–Kier alpha value is -1.45. The average Bonchev–Trinajstić information content (AvgIpc) is 2.31. The van der Waals surface area contributed by atoms with Gasteiger partial charge in [0.25, 0.3) is 0 Å².